The lowest BCUT2D eigenvalue weighted by atomic mass is 10.1. The first-order valence-corrected chi connectivity index (χ1v) is 5.03. The summed E-state index contributed by atoms with van der Waals surface area (Å²) in [7, 11) is 0. The lowest BCUT2D eigenvalue weighted by Crippen LogP contribution is -2.06. The van der Waals surface area contributed by atoms with Crippen molar-refractivity contribution in [2.75, 3.05) is 5.73 Å². The van der Waals surface area contributed by atoms with E-state index in [1.54, 1.807) is 24.7 Å². The topological polar surface area (TPSA) is 89.1 Å². The van der Waals surface area contributed by atoms with Crippen LogP contribution in [-0.4, -0.2) is 21.0 Å². The van der Waals surface area contributed by atoms with E-state index in [2.05, 4.69) is 9.97 Å². The molecular formula is C12H11N3O2. The van der Waals surface area contributed by atoms with Gasteiger partial charge >= 0.3 is 5.97 Å². The van der Waals surface area contributed by atoms with Gasteiger partial charge in [0.2, 0.25) is 0 Å². The average molecular weight is 229 g/mol. The summed E-state index contributed by atoms with van der Waals surface area (Å²) in [6.07, 6.45) is 4.82. The molecule has 0 atom stereocenters. The third-order valence-electron chi connectivity index (χ3n) is 2.32. The normalized spacial score (nSPS) is 10.1. The molecule has 0 amide bonds. The van der Waals surface area contributed by atoms with Crippen LogP contribution in [0.3, 0.4) is 0 Å². The molecular weight excluding hydrogens is 218 g/mol. The summed E-state index contributed by atoms with van der Waals surface area (Å²) in [6, 6.07) is 5.42. The fourth-order valence-electron chi connectivity index (χ4n) is 1.49. The van der Waals surface area contributed by atoms with E-state index in [4.69, 9.17) is 10.8 Å². The van der Waals surface area contributed by atoms with Crippen molar-refractivity contribution in [2.24, 2.45) is 0 Å². The number of carboxylic acids is 1. The van der Waals surface area contributed by atoms with Crippen LogP contribution < -0.4 is 5.73 Å². The summed E-state index contributed by atoms with van der Waals surface area (Å²) < 4.78 is 0. The molecule has 2 aromatic rings. The molecule has 0 aliphatic rings. The van der Waals surface area contributed by atoms with Gasteiger partial charge in [-0.3, -0.25) is 14.8 Å². The zero-order valence-electron chi connectivity index (χ0n) is 9.00. The summed E-state index contributed by atoms with van der Waals surface area (Å²) in [5.41, 5.74) is 8.24. The largest absolute Gasteiger partial charge is 0.481 e. The highest BCUT2D eigenvalue weighted by molar-refractivity contribution is 5.73. The van der Waals surface area contributed by atoms with E-state index in [0.29, 0.717) is 11.4 Å². The molecule has 0 radical (unpaired) electrons. The molecule has 5 heteroatoms. The van der Waals surface area contributed by atoms with Gasteiger partial charge in [-0.05, 0) is 12.1 Å². The van der Waals surface area contributed by atoms with Crippen LogP contribution in [0.5, 0.6) is 0 Å². The Morgan fingerprint density at radius 2 is 2.18 bits per heavy atom. The third-order valence-corrected chi connectivity index (χ3v) is 2.32. The number of hydrogen-bond donors (Lipinski definition) is 2. The predicted octanol–water partition coefficient (Wildman–Crippen LogP) is 1.35. The Morgan fingerprint density at radius 3 is 2.76 bits per heavy atom. The summed E-state index contributed by atoms with van der Waals surface area (Å²) in [5.74, 6) is -0.946. The summed E-state index contributed by atoms with van der Waals surface area (Å²) in [5, 5.41) is 8.67. The Morgan fingerprint density at radius 1 is 1.35 bits per heavy atom. The van der Waals surface area contributed by atoms with E-state index in [1.165, 1.54) is 0 Å². The van der Waals surface area contributed by atoms with Crippen LogP contribution in [0.4, 0.5) is 5.69 Å². The number of hydrogen-bond acceptors (Lipinski definition) is 4. The minimum atomic E-state index is -0.946. The van der Waals surface area contributed by atoms with Crippen LogP contribution in [0.1, 0.15) is 5.69 Å². The molecule has 2 heterocycles. The van der Waals surface area contributed by atoms with Gasteiger partial charge in [-0.15, -0.1) is 0 Å². The quantitative estimate of drug-likeness (QED) is 0.829. The minimum absolute atomic E-state index is 0.168. The van der Waals surface area contributed by atoms with Gasteiger partial charge in [0.05, 0.1) is 17.8 Å². The molecule has 0 aromatic carbocycles. The van der Waals surface area contributed by atoms with Crippen molar-refractivity contribution in [3.63, 3.8) is 0 Å². The average Bonchev–Trinajstić information content (AvgIpc) is 2.32. The molecule has 2 aromatic heterocycles. The predicted molar refractivity (Wildman–Crippen MR) is 63.2 cm³/mol. The number of carbonyl (C=O) groups is 1. The third kappa shape index (κ3) is 2.57. The zero-order valence-corrected chi connectivity index (χ0v) is 9.00. The van der Waals surface area contributed by atoms with Crippen LogP contribution in [0, 0.1) is 0 Å². The van der Waals surface area contributed by atoms with Gasteiger partial charge in [-0.2, -0.15) is 0 Å². The molecule has 0 unspecified atom stereocenters. The van der Waals surface area contributed by atoms with Gasteiger partial charge < -0.3 is 10.8 Å². The Balaban J connectivity index is 2.34. The van der Waals surface area contributed by atoms with E-state index in [1.807, 2.05) is 12.1 Å². The van der Waals surface area contributed by atoms with Gasteiger partial charge in [0.1, 0.15) is 0 Å². The molecule has 0 saturated carbocycles. The van der Waals surface area contributed by atoms with Crippen molar-refractivity contribution < 1.29 is 9.90 Å². The summed E-state index contributed by atoms with van der Waals surface area (Å²) in [4.78, 5) is 18.6. The molecule has 2 rings (SSSR count). The molecule has 0 fully saturated rings. The number of pyridine rings is 2. The van der Waals surface area contributed by atoms with E-state index >= 15 is 0 Å². The summed E-state index contributed by atoms with van der Waals surface area (Å²) >= 11 is 0. The standard InChI is InChI=1S/C12H11N3O2/c13-10-4-9(8-2-1-3-14-6-8)7-15-11(10)5-12(16)17/h1-4,6-7H,5,13H2,(H,16,17). The molecule has 3 N–H and O–H groups in total. The molecule has 0 aliphatic heterocycles. The van der Waals surface area contributed by atoms with Gasteiger partial charge in [-0.25, -0.2) is 0 Å². The van der Waals surface area contributed by atoms with Crippen molar-refractivity contribution in [3.8, 4) is 11.1 Å². The highest BCUT2D eigenvalue weighted by Gasteiger charge is 2.08. The number of anilines is 1. The highest BCUT2D eigenvalue weighted by Crippen LogP contribution is 2.21. The second kappa shape index (κ2) is 4.61. The molecule has 5 nitrogen and oxygen atoms in total. The van der Waals surface area contributed by atoms with Crippen LogP contribution in [-0.2, 0) is 11.2 Å². The van der Waals surface area contributed by atoms with Crippen LogP contribution in [0.15, 0.2) is 36.8 Å². The zero-order chi connectivity index (χ0) is 12.3. The van der Waals surface area contributed by atoms with Crippen molar-refractivity contribution >= 4 is 11.7 Å². The lowest BCUT2D eigenvalue weighted by molar-refractivity contribution is -0.136. The maximum Gasteiger partial charge on any atom is 0.309 e. The number of nitrogens with zero attached hydrogens (tertiary/aromatic N) is 2. The monoisotopic (exact) mass is 229 g/mol. The van der Waals surface area contributed by atoms with Gasteiger partial charge in [-0.1, -0.05) is 6.07 Å². The van der Waals surface area contributed by atoms with Crippen molar-refractivity contribution in [2.45, 2.75) is 6.42 Å². The van der Waals surface area contributed by atoms with E-state index in [9.17, 15) is 4.79 Å². The Labute approximate surface area is 98.0 Å². The number of rotatable bonds is 3. The first-order valence-electron chi connectivity index (χ1n) is 5.03. The fourth-order valence-corrected chi connectivity index (χ4v) is 1.49. The Bertz CT molecular complexity index is 541. The minimum Gasteiger partial charge on any atom is -0.481 e. The number of aliphatic carboxylic acids is 1. The number of nitrogen functional groups attached to an aromatic ring is 1. The van der Waals surface area contributed by atoms with Crippen LogP contribution in [0.2, 0.25) is 0 Å². The molecule has 86 valence electrons. The van der Waals surface area contributed by atoms with E-state index < -0.39 is 5.97 Å². The smallest absolute Gasteiger partial charge is 0.309 e. The second-order valence-electron chi connectivity index (χ2n) is 3.57. The first kappa shape index (κ1) is 11.1. The van der Waals surface area contributed by atoms with Crippen molar-refractivity contribution in [1.29, 1.82) is 0 Å². The SMILES string of the molecule is Nc1cc(-c2cccnc2)cnc1CC(=O)O. The van der Waals surface area contributed by atoms with E-state index in [-0.39, 0.29) is 6.42 Å². The van der Waals surface area contributed by atoms with Crippen LogP contribution in [0.25, 0.3) is 11.1 Å². The number of aromatic nitrogens is 2. The van der Waals surface area contributed by atoms with Crippen LogP contribution >= 0.6 is 0 Å². The maximum atomic E-state index is 10.6. The summed E-state index contributed by atoms with van der Waals surface area (Å²) in [6.45, 7) is 0. The molecule has 0 saturated heterocycles. The maximum absolute atomic E-state index is 10.6. The molecule has 17 heavy (non-hydrogen) atoms. The number of carboxylic acid groups (broad SMARTS) is 1. The van der Waals surface area contributed by atoms with Gasteiger partial charge in [0.15, 0.2) is 0 Å². The van der Waals surface area contributed by atoms with Gasteiger partial charge in [0, 0.05) is 29.7 Å². The Hall–Kier alpha value is -2.43. The Kier molecular flexibility index (Phi) is 3.00. The second-order valence-corrected chi connectivity index (χ2v) is 3.57. The van der Waals surface area contributed by atoms with Crippen molar-refractivity contribution in [1.82, 2.24) is 9.97 Å². The molecule has 0 spiro atoms. The highest BCUT2D eigenvalue weighted by atomic mass is 16.4. The van der Waals surface area contributed by atoms with E-state index in [0.717, 1.165) is 11.1 Å². The molecule has 0 aliphatic carbocycles. The fraction of sp³-hybridized carbons (Fsp3) is 0.0833. The molecule has 0 bridgehead atoms. The first-order chi connectivity index (χ1) is 8.16. The van der Waals surface area contributed by atoms with Crippen molar-refractivity contribution in [3.05, 3.63) is 42.5 Å². The lowest BCUT2D eigenvalue weighted by Gasteiger charge is -2.05. The van der Waals surface area contributed by atoms with Gasteiger partial charge in [0.25, 0.3) is 0 Å². The number of nitrogens with two attached hydrogens (primary N) is 1.